The molecule has 8 heteroatoms. The molecule has 0 aromatic rings. The second-order valence-corrected chi connectivity index (χ2v) is 2.65. The van der Waals surface area contributed by atoms with Gasteiger partial charge in [-0.05, 0) is 0 Å². The minimum atomic E-state index is -1.11. The van der Waals surface area contributed by atoms with Crippen LogP contribution in [0.3, 0.4) is 0 Å². The lowest BCUT2D eigenvalue weighted by Gasteiger charge is -2.09. The van der Waals surface area contributed by atoms with E-state index in [0.717, 1.165) is 0 Å². The lowest BCUT2D eigenvalue weighted by molar-refractivity contribution is -0.135. The van der Waals surface area contributed by atoms with E-state index in [2.05, 4.69) is 25.3 Å². The van der Waals surface area contributed by atoms with Crippen LogP contribution in [0.5, 0.6) is 0 Å². The van der Waals surface area contributed by atoms with Crippen LogP contribution < -0.4 is 5.32 Å². The van der Waals surface area contributed by atoms with Crippen LogP contribution >= 0.6 is 0 Å². The monoisotopic (exact) mass is 207 g/mol. The van der Waals surface area contributed by atoms with E-state index in [1.807, 2.05) is 0 Å². The van der Waals surface area contributed by atoms with Crippen LogP contribution in [0.25, 0.3) is 0 Å². The Morgan fingerprint density at radius 2 is 2.40 bits per heavy atom. The van der Waals surface area contributed by atoms with Crippen molar-refractivity contribution in [3.63, 3.8) is 0 Å². The second kappa shape index (κ2) is 3.40. The number of carboxylic acids is 1. The Balaban J connectivity index is 2.25. The number of nitrogens with zero attached hydrogens (tertiary/aromatic N) is 4. The number of carbonyl (C=O) groups excluding carboxylic acids is 1. The van der Waals surface area contributed by atoms with Crippen molar-refractivity contribution in [2.45, 2.75) is 0 Å². The van der Waals surface area contributed by atoms with Crippen molar-refractivity contribution in [1.82, 2.24) is 5.32 Å². The Morgan fingerprint density at radius 3 is 3.13 bits per heavy atom. The molecule has 0 fully saturated rings. The summed E-state index contributed by atoms with van der Waals surface area (Å²) >= 11 is 0. The fourth-order valence-corrected chi connectivity index (χ4v) is 1.01. The number of carbonyl (C=O) groups is 2. The van der Waals surface area contributed by atoms with Gasteiger partial charge in [-0.3, -0.25) is 14.9 Å². The predicted molar refractivity (Wildman–Crippen MR) is 51.4 cm³/mol. The lowest BCUT2D eigenvalue weighted by atomic mass is 10.3. The van der Waals surface area contributed by atoms with Gasteiger partial charge in [0, 0.05) is 0 Å². The zero-order chi connectivity index (χ0) is 10.8. The van der Waals surface area contributed by atoms with Gasteiger partial charge in [0.25, 0.3) is 5.91 Å². The topological polar surface area (TPSA) is 116 Å². The Hall–Kier alpha value is -2.38. The summed E-state index contributed by atoms with van der Waals surface area (Å²) in [5, 5.41) is 10.7. The zero-order valence-corrected chi connectivity index (χ0v) is 7.34. The number of hydrogen-bond acceptors (Lipinski definition) is 5. The molecule has 0 aromatic carbocycles. The maximum atomic E-state index is 11.3. The molecule has 0 unspecified atom stereocenters. The second-order valence-electron chi connectivity index (χ2n) is 2.65. The highest BCUT2D eigenvalue weighted by Crippen LogP contribution is 2.01. The molecule has 0 aromatic heterocycles. The first kappa shape index (κ1) is 9.19. The van der Waals surface area contributed by atoms with Crippen LogP contribution in [0.1, 0.15) is 0 Å². The minimum Gasteiger partial charge on any atom is -0.480 e. The molecule has 0 bridgehead atoms. The molecule has 2 rings (SSSR count). The van der Waals surface area contributed by atoms with Gasteiger partial charge in [0.15, 0.2) is 11.5 Å². The highest BCUT2D eigenvalue weighted by atomic mass is 16.4. The third-order valence-corrected chi connectivity index (χ3v) is 1.59. The fourth-order valence-electron chi connectivity index (χ4n) is 1.01. The van der Waals surface area contributed by atoms with Crippen molar-refractivity contribution in [1.29, 1.82) is 0 Å². The lowest BCUT2D eigenvalue weighted by Crippen LogP contribution is -2.43. The van der Waals surface area contributed by atoms with Crippen LogP contribution in [-0.2, 0) is 9.59 Å². The molecule has 2 N–H and O–H groups in total. The zero-order valence-electron chi connectivity index (χ0n) is 7.34. The van der Waals surface area contributed by atoms with Gasteiger partial charge in [0.1, 0.15) is 12.9 Å². The van der Waals surface area contributed by atoms with E-state index in [9.17, 15) is 9.59 Å². The van der Waals surface area contributed by atoms with Gasteiger partial charge in [-0.15, -0.1) is 0 Å². The maximum Gasteiger partial charge on any atom is 0.325 e. The van der Waals surface area contributed by atoms with Crippen molar-refractivity contribution in [2.24, 2.45) is 20.0 Å². The largest absolute Gasteiger partial charge is 0.480 e. The van der Waals surface area contributed by atoms with E-state index in [-0.39, 0.29) is 17.5 Å². The molecule has 0 aliphatic carbocycles. The summed E-state index contributed by atoms with van der Waals surface area (Å²) < 4.78 is 0. The summed E-state index contributed by atoms with van der Waals surface area (Å²) in [6, 6.07) is 0. The number of aliphatic imine (C=N–C) groups is 4. The summed E-state index contributed by atoms with van der Waals surface area (Å²) in [7, 11) is 0. The molecular formula is C7H5N5O3. The molecule has 8 nitrogen and oxygen atoms in total. The molecule has 1 amide bonds. The van der Waals surface area contributed by atoms with Crippen LogP contribution in [0.2, 0.25) is 0 Å². The number of hydrogen-bond donors (Lipinski definition) is 2. The van der Waals surface area contributed by atoms with Gasteiger partial charge in [-0.1, -0.05) is 0 Å². The van der Waals surface area contributed by atoms with E-state index < -0.39 is 18.4 Å². The molecular weight excluding hydrogens is 202 g/mol. The SMILES string of the molecule is O=C(O)CN=C1N=C2N=CN=C2C(=O)N1. The van der Waals surface area contributed by atoms with Gasteiger partial charge in [-0.25, -0.2) is 15.0 Å². The highest BCUT2D eigenvalue weighted by molar-refractivity contribution is 6.71. The Morgan fingerprint density at radius 1 is 1.60 bits per heavy atom. The Kier molecular flexibility index (Phi) is 2.08. The molecule has 0 saturated carbocycles. The van der Waals surface area contributed by atoms with Gasteiger partial charge in [-0.2, -0.15) is 4.99 Å². The molecule has 15 heavy (non-hydrogen) atoms. The summed E-state index contributed by atoms with van der Waals surface area (Å²) in [6.07, 6.45) is 1.20. The van der Waals surface area contributed by atoms with E-state index in [1.165, 1.54) is 6.34 Å². The number of guanidine groups is 1. The van der Waals surface area contributed by atoms with Gasteiger partial charge in [0.2, 0.25) is 5.96 Å². The molecule has 0 spiro atoms. The third kappa shape index (κ3) is 1.77. The average Bonchev–Trinajstić information content (AvgIpc) is 2.63. The first-order chi connectivity index (χ1) is 7.16. The number of amides is 1. The number of nitrogens with one attached hydrogen (secondary N) is 1. The highest BCUT2D eigenvalue weighted by Gasteiger charge is 2.26. The first-order valence-corrected chi connectivity index (χ1v) is 3.94. The predicted octanol–water partition coefficient (Wildman–Crippen LogP) is -1.56. The fraction of sp³-hybridized carbons (Fsp3) is 0.143. The Bertz CT molecular complexity index is 459. The number of rotatable bonds is 2. The Labute approximate surface area is 83.2 Å². The van der Waals surface area contributed by atoms with Crippen molar-refractivity contribution in [2.75, 3.05) is 6.54 Å². The smallest absolute Gasteiger partial charge is 0.325 e. The van der Waals surface area contributed by atoms with E-state index in [4.69, 9.17) is 5.11 Å². The molecule has 2 aliphatic rings. The number of amidine groups is 1. The summed E-state index contributed by atoms with van der Waals surface area (Å²) in [5.74, 6) is -1.49. The van der Waals surface area contributed by atoms with Crippen molar-refractivity contribution >= 4 is 35.7 Å². The summed E-state index contributed by atoms with van der Waals surface area (Å²) in [6.45, 7) is -0.456. The number of carboxylic acid groups (broad SMARTS) is 1. The van der Waals surface area contributed by atoms with Gasteiger partial charge in [0.05, 0.1) is 0 Å². The number of aliphatic carboxylic acids is 1. The third-order valence-electron chi connectivity index (χ3n) is 1.59. The normalized spacial score (nSPS) is 20.8. The van der Waals surface area contributed by atoms with Crippen molar-refractivity contribution in [3.8, 4) is 0 Å². The molecule has 0 saturated heterocycles. The van der Waals surface area contributed by atoms with Crippen molar-refractivity contribution < 1.29 is 14.7 Å². The quantitative estimate of drug-likeness (QED) is 0.570. The van der Waals surface area contributed by atoms with E-state index >= 15 is 0 Å². The van der Waals surface area contributed by atoms with Crippen LogP contribution in [-0.4, -0.2) is 47.4 Å². The minimum absolute atomic E-state index is 0.0598. The molecule has 2 aliphatic heterocycles. The maximum absolute atomic E-state index is 11.3. The van der Waals surface area contributed by atoms with E-state index in [1.54, 1.807) is 0 Å². The standard InChI is InChI=1S/C7H5N5O3/c13-3(14)1-8-7-11-5-4(6(15)12-7)9-2-10-5/h2H,1H2,(H,13,14)(H,8,12,15). The summed E-state index contributed by atoms with van der Waals surface area (Å²) in [4.78, 5) is 36.3. The molecule has 2 heterocycles. The van der Waals surface area contributed by atoms with Crippen LogP contribution in [0, 0.1) is 0 Å². The van der Waals surface area contributed by atoms with Gasteiger partial charge < -0.3 is 5.11 Å². The van der Waals surface area contributed by atoms with E-state index in [0.29, 0.717) is 0 Å². The van der Waals surface area contributed by atoms with Crippen LogP contribution in [0.15, 0.2) is 20.0 Å². The number of fused-ring (bicyclic) bond motifs is 1. The molecule has 0 radical (unpaired) electrons. The van der Waals surface area contributed by atoms with Crippen molar-refractivity contribution in [3.05, 3.63) is 0 Å². The average molecular weight is 207 g/mol. The molecule has 0 atom stereocenters. The molecule has 76 valence electrons. The summed E-state index contributed by atoms with van der Waals surface area (Å²) in [5.41, 5.74) is 0.115. The van der Waals surface area contributed by atoms with Crippen LogP contribution in [0.4, 0.5) is 0 Å². The van der Waals surface area contributed by atoms with Gasteiger partial charge >= 0.3 is 5.97 Å². The first-order valence-electron chi connectivity index (χ1n) is 3.94.